The zero-order valence-electron chi connectivity index (χ0n) is 12.8. The number of piperidine rings is 1. The van der Waals surface area contributed by atoms with Gasteiger partial charge in [-0.1, -0.05) is 0 Å². The molecule has 1 aromatic rings. The first kappa shape index (κ1) is 14.6. The Kier molecular flexibility index (Phi) is 4.60. The summed E-state index contributed by atoms with van der Waals surface area (Å²) in [5, 5.41) is 3.00. The number of nitrogens with one attached hydrogen (secondary N) is 1. The van der Waals surface area contributed by atoms with Crippen LogP contribution in [0.2, 0.25) is 0 Å². The molecule has 5 nitrogen and oxygen atoms in total. The Morgan fingerprint density at radius 2 is 2.14 bits per heavy atom. The van der Waals surface area contributed by atoms with Crippen LogP contribution in [0, 0.1) is 0 Å². The summed E-state index contributed by atoms with van der Waals surface area (Å²) in [6, 6.07) is 5.05. The summed E-state index contributed by atoms with van der Waals surface area (Å²) in [4.78, 5) is 16.5. The van der Waals surface area contributed by atoms with E-state index in [-0.39, 0.29) is 5.91 Å². The molecule has 0 saturated carbocycles. The summed E-state index contributed by atoms with van der Waals surface area (Å²) in [6.45, 7) is 7.03. The van der Waals surface area contributed by atoms with Crippen LogP contribution in [-0.4, -0.2) is 54.0 Å². The lowest BCUT2D eigenvalue weighted by Gasteiger charge is -2.40. The standard InChI is InChI=1S/C16H25N3O2/c1-13-11-17-16(20)6-9-19(13)14-4-7-18(8-5-14)12-15-3-2-10-21-15/h2-3,10,13-14H,4-9,11-12H2,1H3,(H,17,20)/t13-/m0/s1. The number of hydrogen-bond acceptors (Lipinski definition) is 4. The highest BCUT2D eigenvalue weighted by Crippen LogP contribution is 2.21. The average molecular weight is 291 g/mol. The van der Waals surface area contributed by atoms with E-state index in [1.807, 2.05) is 12.1 Å². The molecular formula is C16H25N3O2. The molecule has 0 spiro atoms. The van der Waals surface area contributed by atoms with Gasteiger partial charge in [-0.25, -0.2) is 0 Å². The van der Waals surface area contributed by atoms with Gasteiger partial charge in [0.1, 0.15) is 5.76 Å². The van der Waals surface area contributed by atoms with Gasteiger partial charge in [-0.2, -0.15) is 0 Å². The summed E-state index contributed by atoms with van der Waals surface area (Å²) in [7, 11) is 0. The number of carbonyl (C=O) groups is 1. The van der Waals surface area contributed by atoms with Crippen LogP contribution in [0.4, 0.5) is 0 Å². The molecule has 0 aromatic carbocycles. The molecule has 2 fully saturated rings. The van der Waals surface area contributed by atoms with Gasteiger partial charge in [0.25, 0.3) is 0 Å². The van der Waals surface area contributed by atoms with Gasteiger partial charge in [0.2, 0.25) is 5.91 Å². The largest absolute Gasteiger partial charge is 0.468 e. The van der Waals surface area contributed by atoms with Crippen LogP contribution in [0.25, 0.3) is 0 Å². The maximum atomic E-state index is 11.5. The monoisotopic (exact) mass is 291 g/mol. The van der Waals surface area contributed by atoms with Crippen molar-refractivity contribution in [1.29, 1.82) is 0 Å². The van der Waals surface area contributed by atoms with Crippen LogP contribution in [0.15, 0.2) is 22.8 Å². The fraction of sp³-hybridized carbons (Fsp3) is 0.688. The Balaban J connectivity index is 1.51. The predicted molar refractivity (Wildman–Crippen MR) is 80.8 cm³/mol. The SMILES string of the molecule is C[C@H]1CNC(=O)CCN1C1CCN(Cc2ccco2)CC1. The summed E-state index contributed by atoms with van der Waals surface area (Å²) in [5.74, 6) is 1.24. The third-order valence-electron chi connectivity index (χ3n) is 4.74. The van der Waals surface area contributed by atoms with Gasteiger partial charge < -0.3 is 9.73 Å². The number of nitrogens with zero attached hydrogens (tertiary/aromatic N) is 2. The van der Waals surface area contributed by atoms with Crippen LogP contribution < -0.4 is 5.32 Å². The number of hydrogen-bond donors (Lipinski definition) is 1. The molecule has 1 N–H and O–H groups in total. The third-order valence-corrected chi connectivity index (χ3v) is 4.74. The number of likely N-dealkylation sites (tertiary alicyclic amines) is 1. The first-order valence-corrected chi connectivity index (χ1v) is 7.99. The van der Waals surface area contributed by atoms with Crippen molar-refractivity contribution in [3.8, 4) is 0 Å². The number of carbonyl (C=O) groups excluding carboxylic acids is 1. The molecule has 2 aliphatic rings. The summed E-state index contributed by atoms with van der Waals surface area (Å²) in [6.07, 6.45) is 4.74. The van der Waals surface area contributed by atoms with Gasteiger partial charge >= 0.3 is 0 Å². The Morgan fingerprint density at radius 3 is 2.86 bits per heavy atom. The van der Waals surface area contributed by atoms with Crippen LogP contribution in [-0.2, 0) is 11.3 Å². The molecule has 0 unspecified atom stereocenters. The van der Waals surface area contributed by atoms with E-state index >= 15 is 0 Å². The molecule has 1 atom stereocenters. The van der Waals surface area contributed by atoms with Crippen LogP contribution in [0.1, 0.15) is 31.9 Å². The van der Waals surface area contributed by atoms with E-state index in [0.29, 0.717) is 18.5 Å². The Hall–Kier alpha value is -1.33. The Bertz CT molecular complexity index is 452. The van der Waals surface area contributed by atoms with Crippen LogP contribution in [0.3, 0.4) is 0 Å². The fourth-order valence-corrected chi connectivity index (χ4v) is 3.49. The highest BCUT2D eigenvalue weighted by atomic mass is 16.3. The average Bonchev–Trinajstić information content (AvgIpc) is 2.93. The molecular weight excluding hydrogens is 266 g/mol. The van der Waals surface area contributed by atoms with Gasteiger partial charge in [0, 0.05) is 44.7 Å². The Morgan fingerprint density at radius 1 is 1.33 bits per heavy atom. The van der Waals surface area contributed by atoms with Crippen molar-refractivity contribution >= 4 is 5.91 Å². The second-order valence-corrected chi connectivity index (χ2v) is 6.23. The topological polar surface area (TPSA) is 48.7 Å². The summed E-state index contributed by atoms with van der Waals surface area (Å²) >= 11 is 0. The minimum atomic E-state index is 0.194. The highest BCUT2D eigenvalue weighted by molar-refractivity contribution is 5.76. The summed E-state index contributed by atoms with van der Waals surface area (Å²) < 4.78 is 5.43. The normalized spacial score (nSPS) is 26.5. The van der Waals surface area contributed by atoms with E-state index in [1.165, 1.54) is 12.8 Å². The molecule has 0 radical (unpaired) electrons. The number of furan rings is 1. The van der Waals surface area contributed by atoms with Crippen molar-refractivity contribution in [1.82, 2.24) is 15.1 Å². The van der Waals surface area contributed by atoms with Crippen LogP contribution in [0.5, 0.6) is 0 Å². The summed E-state index contributed by atoms with van der Waals surface area (Å²) in [5.41, 5.74) is 0. The van der Waals surface area contributed by atoms with E-state index < -0.39 is 0 Å². The zero-order chi connectivity index (χ0) is 14.7. The van der Waals surface area contributed by atoms with Gasteiger partial charge in [-0.15, -0.1) is 0 Å². The number of rotatable bonds is 3. The lowest BCUT2D eigenvalue weighted by molar-refractivity contribution is -0.120. The minimum absolute atomic E-state index is 0.194. The molecule has 0 aliphatic carbocycles. The van der Waals surface area contributed by atoms with E-state index in [0.717, 1.165) is 38.5 Å². The first-order chi connectivity index (χ1) is 10.2. The van der Waals surface area contributed by atoms with E-state index in [1.54, 1.807) is 6.26 Å². The van der Waals surface area contributed by atoms with Crippen molar-refractivity contribution in [2.75, 3.05) is 26.2 Å². The molecule has 5 heteroatoms. The fourth-order valence-electron chi connectivity index (χ4n) is 3.49. The maximum Gasteiger partial charge on any atom is 0.221 e. The first-order valence-electron chi connectivity index (χ1n) is 7.99. The van der Waals surface area contributed by atoms with Crippen LogP contribution >= 0.6 is 0 Å². The molecule has 21 heavy (non-hydrogen) atoms. The van der Waals surface area contributed by atoms with Crippen molar-refractivity contribution in [2.45, 2.75) is 44.8 Å². The van der Waals surface area contributed by atoms with Crippen molar-refractivity contribution in [3.05, 3.63) is 24.2 Å². The van der Waals surface area contributed by atoms with Gasteiger partial charge in [-0.3, -0.25) is 14.6 Å². The van der Waals surface area contributed by atoms with Crippen molar-refractivity contribution in [2.24, 2.45) is 0 Å². The molecule has 2 aliphatic heterocycles. The number of amides is 1. The minimum Gasteiger partial charge on any atom is -0.468 e. The lowest BCUT2D eigenvalue weighted by Crippen LogP contribution is -2.49. The zero-order valence-corrected chi connectivity index (χ0v) is 12.8. The maximum absolute atomic E-state index is 11.5. The third kappa shape index (κ3) is 3.66. The highest BCUT2D eigenvalue weighted by Gasteiger charge is 2.29. The second-order valence-electron chi connectivity index (χ2n) is 6.23. The molecule has 1 amide bonds. The second kappa shape index (κ2) is 6.62. The van der Waals surface area contributed by atoms with E-state index in [2.05, 4.69) is 22.0 Å². The molecule has 3 rings (SSSR count). The Labute approximate surface area is 126 Å². The van der Waals surface area contributed by atoms with E-state index in [9.17, 15) is 4.79 Å². The smallest absolute Gasteiger partial charge is 0.221 e. The quantitative estimate of drug-likeness (QED) is 0.916. The predicted octanol–water partition coefficient (Wildman–Crippen LogP) is 1.45. The molecule has 116 valence electrons. The van der Waals surface area contributed by atoms with Crippen molar-refractivity contribution in [3.63, 3.8) is 0 Å². The van der Waals surface area contributed by atoms with Gasteiger partial charge in [0.15, 0.2) is 0 Å². The molecule has 0 bridgehead atoms. The van der Waals surface area contributed by atoms with E-state index in [4.69, 9.17) is 4.42 Å². The van der Waals surface area contributed by atoms with Gasteiger partial charge in [0.05, 0.1) is 12.8 Å². The molecule has 2 saturated heterocycles. The van der Waals surface area contributed by atoms with Gasteiger partial charge in [-0.05, 0) is 31.9 Å². The molecule has 1 aromatic heterocycles. The molecule has 3 heterocycles. The lowest BCUT2D eigenvalue weighted by atomic mass is 10.0. The van der Waals surface area contributed by atoms with Crippen molar-refractivity contribution < 1.29 is 9.21 Å².